The molecule has 3 unspecified atom stereocenters. The second-order valence-electron chi connectivity index (χ2n) is 8.57. The van der Waals surface area contributed by atoms with Gasteiger partial charge in [0.1, 0.15) is 11.4 Å². The number of carbonyl (C=O) groups is 2. The lowest BCUT2D eigenvalue weighted by atomic mass is 9.67. The zero-order valence-corrected chi connectivity index (χ0v) is 15.3. The van der Waals surface area contributed by atoms with Gasteiger partial charge in [-0.05, 0) is 51.4 Å². The van der Waals surface area contributed by atoms with E-state index in [-0.39, 0.29) is 23.2 Å². The summed E-state index contributed by atoms with van der Waals surface area (Å²) in [6.07, 6.45) is 2.76. The van der Waals surface area contributed by atoms with Crippen molar-refractivity contribution in [1.29, 1.82) is 0 Å². The minimum atomic E-state index is -0.521. The van der Waals surface area contributed by atoms with Crippen LogP contribution in [0.25, 0.3) is 0 Å². The normalized spacial score (nSPS) is 24.8. The molecule has 1 rings (SSSR count). The van der Waals surface area contributed by atoms with Crippen LogP contribution >= 0.6 is 0 Å². The minimum absolute atomic E-state index is 0.0875. The first-order valence-electron chi connectivity index (χ1n) is 8.46. The van der Waals surface area contributed by atoms with Crippen molar-refractivity contribution in [1.82, 2.24) is 5.32 Å². The highest BCUT2D eigenvalue weighted by molar-refractivity contribution is 5.83. The Labute approximate surface area is 135 Å². The Morgan fingerprint density at radius 1 is 1.27 bits per heavy atom. The summed E-state index contributed by atoms with van der Waals surface area (Å²) >= 11 is 0. The van der Waals surface area contributed by atoms with Crippen molar-refractivity contribution >= 4 is 11.9 Å². The van der Waals surface area contributed by atoms with Crippen LogP contribution in [0.2, 0.25) is 0 Å². The van der Waals surface area contributed by atoms with E-state index in [1.165, 1.54) is 0 Å². The first-order valence-corrected chi connectivity index (χ1v) is 8.46. The van der Waals surface area contributed by atoms with Gasteiger partial charge in [-0.15, -0.1) is 0 Å². The molecule has 0 aromatic carbocycles. The Hall–Kier alpha value is -1.06. The van der Waals surface area contributed by atoms with Crippen LogP contribution in [0.4, 0.5) is 4.79 Å². The summed E-state index contributed by atoms with van der Waals surface area (Å²) in [7, 11) is 0. The molecule has 0 heterocycles. The number of Topliss-reactive ketones (excluding diaryl/α,β-unsaturated/α-hetero) is 1. The molecule has 0 radical (unpaired) electrons. The summed E-state index contributed by atoms with van der Waals surface area (Å²) in [6, 6.07) is -0.132. The van der Waals surface area contributed by atoms with Gasteiger partial charge in [-0.2, -0.15) is 0 Å². The molecule has 128 valence electrons. The van der Waals surface area contributed by atoms with Crippen LogP contribution in [0.15, 0.2) is 0 Å². The molecule has 4 nitrogen and oxygen atoms in total. The quantitative estimate of drug-likeness (QED) is 0.844. The zero-order chi connectivity index (χ0) is 17.1. The van der Waals surface area contributed by atoms with Crippen molar-refractivity contribution in [2.75, 3.05) is 0 Å². The molecule has 1 fully saturated rings. The lowest BCUT2D eigenvalue weighted by Gasteiger charge is -2.39. The van der Waals surface area contributed by atoms with Gasteiger partial charge in [-0.1, -0.05) is 27.7 Å². The second kappa shape index (κ2) is 7.01. The summed E-state index contributed by atoms with van der Waals surface area (Å²) < 4.78 is 5.33. The lowest BCUT2D eigenvalue weighted by Crippen LogP contribution is -2.47. The van der Waals surface area contributed by atoms with Crippen LogP contribution < -0.4 is 5.32 Å². The van der Waals surface area contributed by atoms with E-state index in [4.69, 9.17) is 4.74 Å². The summed E-state index contributed by atoms with van der Waals surface area (Å²) in [4.78, 5) is 24.4. The van der Waals surface area contributed by atoms with Gasteiger partial charge >= 0.3 is 6.09 Å². The fraction of sp³-hybridized carbons (Fsp3) is 0.889. The second-order valence-corrected chi connectivity index (χ2v) is 8.57. The average molecular weight is 311 g/mol. The van der Waals surface area contributed by atoms with E-state index in [0.29, 0.717) is 12.3 Å². The van der Waals surface area contributed by atoms with Gasteiger partial charge in [0, 0.05) is 18.4 Å². The molecular formula is C18H33NO3. The van der Waals surface area contributed by atoms with Crippen LogP contribution in [0, 0.1) is 17.3 Å². The maximum atomic E-state index is 12.3. The zero-order valence-electron chi connectivity index (χ0n) is 15.3. The first kappa shape index (κ1) is 19.0. The number of carbonyl (C=O) groups excluding carboxylic acids is 2. The van der Waals surface area contributed by atoms with Gasteiger partial charge in [0.2, 0.25) is 0 Å². The number of hydrogen-bond donors (Lipinski definition) is 1. The largest absolute Gasteiger partial charge is 0.444 e. The summed E-state index contributed by atoms with van der Waals surface area (Å²) in [5.41, 5.74) is -0.323. The van der Waals surface area contributed by atoms with Gasteiger partial charge < -0.3 is 10.1 Å². The predicted molar refractivity (Wildman–Crippen MR) is 88.7 cm³/mol. The van der Waals surface area contributed by atoms with Crippen LogP contribution in [-0.2, 0) is 9.53 Å². The molecule has 1 N–H and O–H groups in total. The van der Waals surface area contributed by atoms with E-state index < -0.39 is 11.7 Å². The van der Waals surface area contributed by atoms with E-state index in [1.54, 1.807) is 0 Å². The Morgan fingerprint density at radius 2 is 1.86 bits per heavy atom. The van der Waals surface area contributed by atoms with E-state index in [2.05, 4.69) is 26.1 Å². The van der Waals surface area contributed by atoms with Crippen LogP contribution in [0.3, 0.4) is 0 Å². The molecule has 4 heteroatoms. The number of amides is 1. The topological polar surface area (TPSA) is 55.4 Å². The Morgan fingerprint density at radius 3 is 2.32 bits per heavy atom. The number of hydrogen-bond acceptors (Lipinski definition) is 3. The predicted octanol–water partition coefficient (Wildman–Crippen LogP) is 4.32. The van der Waals surface area contributed by atoms with E-state index in [1.807, 2.05) is 27.7 Å². The highest BCUT2D eigenvalue weighted by atomic mass is 16.6. The van der Waals surface area contributed by atoms with E-state index >= 15 is 0 Å². The summed E-state index contributed by atoms with van der Waals surface area (Å²) in [6.45, 7) is 14.2. The SMILES string of the molecule is CCC(NC(=O)OC(C)(C)C)C1CC(C(C)(C)C)CCC1=O. The van der Waals surface area contributed by atoms with E-state index in [9.17, 15) is 9.59 Å². The molecular weight excluding hydrogens is 278 g/mol. The minimum Gasteiger partial charge on any atom is -0.444 e. The third-order valence-electron chi connectivity index (χ3n) is 4.54. The molecule has 0 aromatic rings. The first-order chi connectivity index (χ1) is 9.94. The van der Waals surface area contributed by atoms with Crippen molar-refractivity contribution in [2.24, 2.45) is 17.3 Å². The fourth-order valence-electron chi connectivity index (χ4n) is 3.18. The smallest absolute Gasteiger partial charge is 0.407 e. The standard InChI is InChI=1S/C18H33NO3/c1-8-14(19-16(21)22-18(5,6)7)13-11-12(17(2,3)4)9-10-15(13)20/h12-14H,8-11H2,1-7H3,(H,19,21). The number of ether oxygens (including phenoxy) is 1. The molecule has 1 saturated carbocycles. The summed E-state index contributed by atoms with van der Waals surface area (Å²) in [5.74, 6) is 0.712. The Balaban J connectivity index is 2.75. The average Bonchev–Trinajstić information content (AvgIpc) is 2.33. The fourth-order valence-corrected chi connectivity index (χ4v) is 3.18. The number of alkyl carbamates (subject to hydrolysis) is 1. The number of rotatable bonds is 3. The van der Waals surface area contributed by atoms with Gasteiger partial charge in [-0.25, -0.2) is 4.79 Å². The molecule has 0 spiro atoms. The highest BCUT2D eigenvalue weighted by Crippen LogP contribution is 2.40. The van der Waals surface area contributed by atoms with Crippen LogP contribution in [0.5, 0.6) is 0 Å². The third-order valence-corrected chi connectivity index (χ3v) is 4.54. The van der Waals surface area contributed by atoms with E-state index in [0.717, 1.165) is 19.3 Å². The number of nitrogens with one attached hydrogen (secondary N) is 1. The highest BCUT2D eigenvalue weighted by Gasteiger charge is 2.38. The van der Waals surface area contributed by atoms with Gasteiger partial charge in [0.15, 0.2) is 0 Å². The molecule has 1 amide bonds. The maximum absolute atomic E-state index is 12.3. The molecule has 0 aromatic heterocycles. The van der Waals surface area contributed by atoms with Crippen molar-refractivity contribution in [3.8, 4) is 0 Å². The molecule has 0 aliphatic heterocycles. The Kier molecular flexibility index (Phi) is 6.05. The molecule has 22 heavy (non-hydrogen) atoms. The van der Waals surface area contributed by atoms with Crippen molar-refractivity contribution in [3.05, 3.63) is 0 Å². The van der Waals surface area contributed by atoms with Gasteiger partial charge in [0.25, 0.3) is 0 Å². The Bertz CT molecular complexity index is 404. The molecule has 0 bridgehead atoms. The third kappa shape index (κ3) is 5.62. The maximum Gasteiger partial charge on any atom is 0.407 e. The molecule has 1 aliphatic rings. The van der Waals surface area contributed by atoms with Crippen LogP contribution in [-0.4, -0.2) is 23.5 Å². The monoisotopic (exact) mass is 311 g/mol. The van der Waals surface area contributed by atoms with Gasteiger partial charge in [0.05, 0.1) is 0 Å². The van der Waals surface area contributed by atoms with Crippen molar-refractivity contribution in [3.63, 3.8) is 0 Å². The van der Waals surface area contributed by atoms with Crippen LogP contribution in [0.1, 0.15) is 74.1 Å². The number of ketones is 1. The summed E-state index contributed by atoms with van der Waals surface area (Å²) in [5, 5.41) is 2.91. The molecule has 3 atom stereocenters. The lowest BCUT2D eigenvalue weighted by molar-refractivity contribution is -0.127. The molecule has 1 aliphatic carbocycles. The van der Waals surface area contributed by atoms with Crippen molar-refractivity contribution < 1.29 is 14.3 Å². The van der Waals surface area contributed by atoms with Gasteiger partial charge in [-0.3, -0.25) is 4.79 Å². The van der Waals surface area contributed by atoms with Crippen molar-refractivity contribution in [2.45, 2.75) is 85.8 Å². The molecule has 0 saturated heterocycles.